The van der Waals surface area contributed by atoms with Crippen LogP contribution in [0, 0.1) is 13.8 Å². The van der Waals surface area contributed by atoms with Crippen molar-refractivity contribution in [3.05, 3.63) is 15.6 Å². The van der Waals surface area contributed by atoms with E-state index in [-0.39, 0.29) is 42.4 Å². The molecule has 0 aromatic carbocycles. The maximum atomic E-state index is 12.5. The Labute approximate surface area is 196 Å². The summed E-state index contributed by atoms with van der Waals surface area (Å²) in [5.74, 6) is 0.858. The average Bonchev–Trinajstić information content (AvgIpc) is 2.95. The molecule has 0 saturated carbocycles. The van der Waals surface area contributed by atoms with Gasteiger partial charge < -0.3 is 15.0 Å². The molecule has 168 valence electrons. The van der Waals surface area contributed by atoms with Crippen LogP contribution in [0.2, 0.25) is 0 Å². The molecule has 0 spiro atoms. The van der Waals surface area contributed by atoms with Crippen molar-refractivity contribution >= 4 is 51.3 Å². The summed E-state index contributed by atoms with van der Waals surface area (Å²) in [6.45, 7) is 13.6. The van der Waals surface area contributed by atoms with E-state index < -0.39 is 10.0 Å². The fourth-order valence-electron chi connectivity index (χ4n) is 2.99. The van der Waals surface area contributed by atoms with E-state index >= 15 is 0 Å². The van der Waals surface area contributed by atoms with Crippen LogP contribution < -0.4 is 5.32 Å². The van der Waals surface area contributed by atoms with Gasteiger partial charge >= 0.3 is 0 Å². The van der Waals surface area contributed by atoms with Crippen molar-refractivity contribution in [1.82, 2.24) is 19.5 Å². The molecule has 0 amide bonds. The minimum atomic E-state index is -3.28. The number of aryl methyl sites for hydroxylation is 2. The molecule has 1 fully saturated rings. The number of guanidine groups is 1. The van der Waals surface area contributed by atoms with Gasteiger partial charge in [-0.25, -0.2) is 18.4 Å². The van der Waals surface area contributed by atoms with Gasteiger partial charge in [-0.05, 0) is 34.6 Å². The van der Waals surface area contributed by atoms with Gasteiger partial charge in [0.05, 0.1) is 35.7 Å². The minimum absolute atomic E-state index is 0. The Balaban J connectivity index is 0.00000420. The molecule has 2 rings (SSSR count). The van der Waals surface area contributed by atoms with Crippen molar-refractivity contribution in [2.24, 2.45) is 4.99 Å². The fourth-order valence-corrected chi connectivity index (χ4v) is 5.14. The number of piperazine rings is 1. The highest BCUT2D eigenvalue weighted by atomic mass is 127. The second-order valence-electron chi connectivity index (χ2n) is 7.03. The molecule has 0 bridgehead atoms. The number of hydrogen-bond acceptors (Lipinski definition) is 6. The first-order valence-corrected chi connectivity index (χ1v) is 12.2. The van der Waals surface area contributed by atoms with E-state index in [9.17, 15) is 8.42 Å². The van der Waals surface area contributed by atoms with Crippen LogP contribution in [0.15, 0.2) is 4.99 Å². The van der Waals surface area contributed by atoms with Crippen molar-refractivity contribution in [1.29, 1.82) is 0 Å². The van der Waals surface area contributed by atoms with E-state index in [2.05, 4.69) is 15.2 Å². The molecule has 1 aromatic rings. The van der Waals surface area contributed by atoms with E-state index in [0.717, 1.165) is 23.2 Å². The van der Waals surface area contributed by atoms with Crippen LogP contribution in [0.3, 0.4) is 0 Å². The van der Waals surface area contributed by atoms with Gasteiger partial charge in [-0.1, -0.05) is 0 Å². The third kappa shape index (κ3) is 8.27. The Bertz CT molecular complexity index is 760. The summed E-state index contributed by atoms with van der Waals surface area (Å²) in [6, 6.07) is 0. The zero-order chi connectivity index (χ0) is 20.7. The third-order valence-electron chi connectivity index (χ3n) is 4.43. The number of nitrogens with zero attached hydrogens (tertiary/aromatic N) is 4. The highest BCUT2D eigenvalue weighted by Gasteiger charge is 2.28. The van der Waals surface area contributed by atoms with E-state index in [1.54, 1.807) is 15.6 Å². The summed E-state index contributed by atoms with van der Waals surface area (Å²) >= 11 is 1.67. The maximum Gasteiger partial charge on any atom is 0.216 e. The number of sulfonamides is 1. The van der Waals surface area contributed by atoms with E-state index in [1.165, 1.54) is 4.88 Å². The molecule has 0 atom stereocenters. The lowest BCUT2D eigenvalue weighted by Crippen LogP contribution is -2.54. The van der Waals surface area contributed by atoms with Gasteiger partial charge in [0.1, 0.15) is 0 Å². The zero-order valence-corrected chi connectivity index (χ0v) is 21.9. The summed E-state index contributed by atoms with van der Waals surface area (Å²) in [4.78, 5) is 12.5. The highest BCUT2D eigenvalue weighted by Crippen LogP contribution is 2.18. The van der Waals surface area contributed by atoms with Crippen LogP contribution in [-0.2, 0) is 21.3 Å². The highest BCUT2D eigenvalue weighted by molar-refractivity contribution is 14.0. The molecule has 0 unspecified atom stereocenters. The predicted octanol–water partition coefficient (Wildman–Crippen LogP) is 2.22. The molecular formula is C18H34IN5O3S2. The second-order valence-corrected chi connectivity index (χ2v) is 10.4. The largest absolute Gasteiger partial charge is 0.378 e. The van der Waals surface area contributed by atoms with Crippen LogP contribution in [0.5, 0.6) is 0 Å². The zero-order valence-electron chi connectivity index (χ0n) is 18.0. The van der Waals surface area contributed by atoms with Crippen molar-refractivity contribution in [2.75, 3.05) is 45.1 Å². The number of aromatic nitrogens is 1. The molecule has 1 aliphatic heterocycles. The standard InChI is InChI=1S/C18H33N5O3S2.HI/c1-6-19-18(20-13-17-15(4)21-16(5)27-17)22-7-9-23(10-8-22)28(24,25)12-11-26-14(2)3;/h14H,6-13H2,1-5H3,(H,19,20);1H. The predicted molar refractivity (Wildman–Crippen MR) is 130 cm³/mol. The first kappa shape index (κ1) is 26.5. The quantitative estimate of drug-likeness (QED) is 0.299. The molecule has 1 N–H and O–H groups in total. The monoisotopic (exact) mass is 559 g/mol. The maximum absolute atomic E-state index is 12.5. The van der Waals surface area contributed by atoms with Gasteiger partial charge in [0.2, 0.25) is 10.0 Å². The Morgan fingerprint density at radius 2 is 1.93 bits per heavy atom. The molecule has 2 heterocycles. The molecule has 1 aromatic heterocycles. The number of hydrogen-bond donors (Lipinski definition) is 1. The Hall–Kier alpha value is -0.500. The lowest BCUT2D eigenvalue weighted by molar-refractivity contribution is 0.0904. The number of ether oxygens (including phenoxy) is 1. The minimum Gasteiger partial charge on any atom is -0.378 e. The number of nitrogens with one attached hydrogen (secondary N) is 1. The summed E-state index contributed by atoms with van der Waals surface area (Å²) in [5.41, 5.74) is 1.03. The third-order valence-corrected chi connectivity index (χ3v) is 7.32. The van der Waals surface area contributed by atoms with E-state index in [1.807, 2.05) is 34.6 Å². The summed E-state index contributed by atoms with van der Waals surface area (Å²) in [7, 11) is -3.28. The van der Waals surface area contributed by atoms with Crippen molar-refractivity contribution < 1.29 is 13.2 Å². The van der Waals surface area contributed by atoms with E-state index in [4.69, 9.17) is 9.73 Å². The van der Waals surface area contributed by atoms with E-state index in [0.29, 0.717) is 32.7 Å². The lowest BCUT2D eigenvalue weighted by atomic mass is 10.4. The molecule has 0 radical (unpaired) electrons. The van der Waals surface area contributed by atoms with Crippen LogP contribution in [0.25, 0.3) is 0 Å². The van der Waals surface area contributed by atoms with Crippen LogP contribution in [0.4, 0.5) is 0 Å². The van der Waals surface area contributed by atoms with Gasteiger partial charge in [0.25, 0.3) is 0 Å². The first-order chi connectivity index (χ1) is 13.2. The van der Waals surface area contributed by atoms with Crippen LogP contribution in [0.1, 0.15) is 36.3 Å². The Morgan fingerprint density at radius 3 is 2.45 bits per heavy atom. The Morgan fingerprint density at radius 1 is 1.28 bits per heavy atom. The SMILES string of the molecule is CCNC(=NCc1sc(C)nc1C)N1CCN(S(=O)(=O)CCOC(C)C)CC1.I. The topological polar surface area (TPSA) is 87.1 Å². The molecule has 11 heteroatoms. The molecular weight excluding hydrogens is 525 g/mol. The second kappa shape index (κ2) is 12.4. The summed E-state index contributed by atoms with van der Waals surface area (Å²) < 4.78 is 32.0. The van der Waals surface area contributed by atoms with Gasteiger partial charge in [0, 0.05) is 37.6 Å². The average molecular weight is 560 g/mol. The molecule has 29 heavy (non-hydrogen) atoms. The summed E-state index contributed by atoms with van der Waals surface area (Å²) in [5, 5.41) is 4.37. The number of rotatable bonds is 8. The van der Waals surface area contributed by atoms with Gasteiger partial charge in [-0.3, -0.25) is 0 Å². The van der Waals surface area contributed by atoms with Gasteiger partial charge in [0.15, 0.2) is 5.96 Å². The molecule has 1 saturated heterocycles. The number of thiazole rings is 1. The molecule has 1 aliphatic rings. The smallest absolute Gasteiger partial charge is 0.216 e. The number of aliphatic imine (C=N–C) groups is 1. The Kier molecular flexibility index (Phi) is 11.3. The first-order valence-electron chi connectivity index (χ1n) is 9.78. The van der Waals surface area contributed by atoms with Crippen molar-refractivity contribution in [3.8, 4) is 0 Å². The van der Waals surface area contributed by atoms with Gasteiger partial charge in [-0.2, -0.15) is 4.31 Å². The van der Waals surface area contributed by atoms with Crippen molar-refractivity contribution in [2.45, 2.75) is 47.3 Å². The van der Waals surface area contributed by atoms with Crippen LogP contribution >= 0.6 is 35.3 Å². The fraction of sp³-hybridized carbons (Fsp3) is 0.778. The molecule has 0 aliphatic carbocycles. The van der Waals surface area contributed by atoms with Crippen molar-refractivity contribution in [3.63, 3.8) is 0 Å². The lowest BCUT2D eigenvalue weighted by Gasteiger charge is -2.35. The van der Waals surface area contributed by atoms with Gasteiger partial charge in [-0.15, -0.1) is 35.3 Å². The normalized spacial score (nSPS) is 16.2. The summed E-state index contributed by atoms with van der Waals surface area (Å²) in [6.07, 6.45) is 0.0388. The molecule has 8 nitrogen and oxygen atoms in total. The van der Waals surface area contributed by atoms with Crippen LogP contribution in [-0.4, -0.2) is 79.8 Å². The number of halogens is 1.